The molecular formula is C30H41N5O6S. The quantitative estimate of drug-likeness (QED) is 0.194. The highest BCUT2D eigenvalue weighted by molar-refractivity contribution is 7.89. The molecule has 0 saturated carbocycles. The monoisotopic (exact) mass is 599 g/mol. The number of para-hydroxylation sites is 1. The van der Waals surface area contributed by atoms with Gasteiger partial charge < -0.3 is 15.7 Å². The summed E-state index contributed by atoms with van der Waals surface area (Å²) in [5.41, 5.74) is 12.5. The van der Waals surface area contributed by atoms with Crippen molar-refractivity contribution >= 4 is 33.4 Å². The Kier molecular flexibility index (Phi) is 12.1. The van der Waals surface area contributed by atoms with Crippen LogP contribution in [-0.2, 0) is 37.2 Å². The first-order valence-electron chi connectivity index (χ1n) is 14.1. The lowest BCUT2D eigenvalue weighted by Gasteiger charge is -2.40. The van der Waals surface area contributed by atoms with E-state index in [0.29, 0.717) is 30.9 Å². The second-order valence-corrected chi connectivity index (χ2v) is 12.7. The number of sulfonamides is 1. The van der Waals surface area contributed by atoms with Gasteiger partial charge in [0, 0.05) is 25.1 Å². The van der Waals surface area contributed by atoms with E-state index in [4.69, 9.17) is 5.73 Å². The molecule has 2 atom stereocenters. The largest absolute Gasteiger partial charge is 0.390 e. The minimum Gasteiger partial charge on any atom is -0.390 e. The van der Waals surface area contributed by atoms with Gasteiger partial charge in [-0.05, 0) is 48.8 Å². The molecule has 228 valence electrons. The van der Waals surface area contributed by atoms with Gasteiger partial charge in [-0.3, -0.25) is 25.2 Å². The molecule has 1 aliphatic heterocycles. The van der Waals surface area contributed by atoms with Crippen molar-refractivity contribution in [2.45, 2.75) is 64.5 Å². The molecule has 42 heavy (non-hydrogen) atoms. The summed E-state index contributed by atoms with van der Waals surface area (Å²) < 4.78 is 28.0. The van der Waals surface area contributed by atoms with E-state index in [9.17, 15) is 27.9 Å². The van der Waals surface area contributed by atoms with Crippen LogP contribution in [0, 0.1) is 5.92 Å². The topological polar surface area (TPSA) is 171 Å². The number of rotatable bonds is 15. The first-order valence-corrected chi connectivity index (χ1v) is 15.8. The number of benzene rings is 2. The number of fused-ring (bicyclic) bond motifs is 1. The Morgan fingerprint density at radius 2 is 1.69 bits per heavy atom. The van der Waals surface area contributed by atoms with Crippen molar-refractivity contribution in [1.82, 2.24) is 15.6 Å². The molecule has 2 aromatic rings. The number of carbonyl (C=O) groups excluding carboxylic acids is 3. The van der Waals surface area contributed by atoms with E-state index in [1.807, 2.05) is 68.4 Å². The first kappa shape index (κ1) is 32.8. The SMILES string of the molecule is CC(C)CCCS(=O)(=O)NC[C@@H](O)[C@H](Cc1ccccc1)N1C(C(=O)NNC(=O)CCC(N)=O)=CCc2ccccc21. The number of hydrogen-bond donors (Lipinski definition) is 5. The average molecular weight is 600 g/mol. The van der Waals surface area contributed by atoms with Gasteiger partial charge in [-0.2, -0.15) is 0 Å². The fourth-order valence-corrected chi connectivity index (χ4v) is 5.88. The smallest absolute Gasteiger partial charge is 0.285 e. The van der Waals surface area contributed by atoms with Crippen LogP contribution in [0.4, 0.5) is 5.69 Å². The predicted octanol–water partition coefficient (Wildman–Crippen LogP) is 1.67. The molecule has 0 bridgehead atoms. The zero-order valence-electron chi connectivity index (χ0n) is 24.1. The van der Waals surface area contributed by atoms with Gasteiger partial charge in [0.15, 0.2) is 0 Å². The number of aliphatic hydroxyl groups excluding tert-OH is 1. The molecule has 3 rings (SSSR count). The van der Waals surface area contributed by atoms with Gasteiger partial charge in [0.2, 0.25) is 21.8 Å². The highest BCUT2D eigenvalue weighted by Gasteiger charge is 2.35. The lowest BCUT2D eigenvalue weighted by Crippen LogP contribution is -2.54. The third-order valence-corrected chi connectivity index (χ3v) is 8.38. The van der Waals surface area contributed by atoms with Crippen LogP contribution in [0.5, 0.6) is 0 Å². The van der Waals surface area contributed by atoms with Crippen molar-refractivity contribution in [3.05, 3.63) is 77.5 Å². The van der Waals surface area contributed by atoms with E-state index in [0.717, 1.165) is 17.5 Å². The molecule has 1 heterocycles. The number of amides is 3. The van der Waals surface area contributed by atoms with Crippen molar-refractivity contribution in [2.24, 2.45) is 11.7 Å². The summed E-state index contributed by atoms with van der Waals surface area (Å²) in [6.45, 7) is 3.81. The van der Waals surface area contributed by atoms with Crippen LogP contribution in [0.15, 0.2) is 66.4 Å². The Hall–Kier alpha value is -3.74. The molecule has 0 radical (unpaired) electrons. The Bertz CT molecular complexity index is 1360. The van der Waals surface area contributed by atoms with Gasteiger partial charge in [-0.25, -0.2) is 13.1 Å². The minimum atomic E-state index is -3.63. The number of nitrogens with two attached hydrogens (primary N) is 1. The van der Waals surface area contributed by atoms with Crippen molar-refractivity contribution in [3.63, 3.8) is 0 Å². The Morgan fingerprint density at radius 1 is 1.00 bits per heavy atom. The number of carbonyl (C=O) groups is 3. The third kappa shape index (κ3) is 9.97. The molecular weight excluding hydrogens is 558 g/mol. The molecule has 0 unspecified atom stereocenters. The number of aliphatic hydroxyl groups is 1. The molecule has 1 aliphatic rings. The molecule has 0 aromatic heterocycles. The Balaban J connectivity index is 1.88. The van der Waals surface area contributed by atoms with Gasteiger partial charge in [-0.1, -0.05) is 68.5 Å². The van der Waals surface area contributed by atoms with E-state index in [1.165, 1.54) is 0 Å². The van der Waals surface area contributed by atoms with E-state index in [-0.39, 0.29) is 30.8 Å². The minimum absolute atomic E-state index is 0.0448. The summed E-state index contributed by atoms with van der Waals surface area (Å²) in [6.07, 6.45) is 2.15. The standard InChI is InChI=1S/C30H41N5O6S/c1-21(2)9-8-18-42(40,41)32-20-27(36)26(19-22-10-4-3-5-11-22)35-24-13-7-6-12-23(24)14-15-25(35)30(39)34-33-29(38)17-16-28(31)37/h3-7,10-13,15,21,26-27,32,36H,8-9,14,16-20H2,1-2H3,(H2,31,37)(H,33,38)(H,34,39)/t26-,27+/m0/s1. The maximum atomic E-state index is 13.4. The van der Waals surface area contributed by atoms with Crippen LogP contribution >= 0.6 is 0 Å². The predicted molar refractivity (Wildman–Crippen MR) is 161 cm³/mol. The summed E-state index contributed by atoms with van der Waals surface area (Å²) in [4.78, 5) is 38.2. The van der Waals surface area contributed by atoms with Gasteiger partial charge in [0.1, 0.15) is 5.70 Å². The summed E-state index contributed by atoms with van der Waals surface area (Å²) in [5.74, 6) is -1.52. The molecule has 3 amide bonds. The number of allylic oxidation sites excluding steroid dienone is 1. The lowest BCUT2D eigenvalue weighted by atomic mass is 9.94. The van der Waals surface area contributed by atoms with Crippen LogP contribution in [0.3, 0.4) is 0 Å². The van der Waals surface area contributed by atoms with E-state index in [1.54, 1.807) is 11.0 Å². The van der Waals surface area contributed by atoms with E-state index >= 15 is 0 Å². The number of nitrogens with one attached hydrogen (secondary N) is 3. The molecule has 6 N–H and O–H groups in total. The van der Waals surface area contributed by atoms with Gasteiger partial charge >= 0.3 is 0 Å². The zero-order valence-corrected chi connectivity index (χ0v) is 24.9. The lowest BCUT2D eigenvalue weighted by molar-refractivity contribution is -0.128. The summed E-state index contributed by atoms with van der Waals surface area (Å²) in [7, 11) is -3.63. The molecule has 12 heteroatoms. The summed E-state index contributed by atoms with van der Waals surface area (Å²) in [6, 6.07) is 16.1. The molecule has 11 nitrogen and oxygen atoms in total. The van der Waals surface area contributed by atoms with Crippen molar-refractivity contribution in [2.75, 3.05) is 17.2 Å². The number of hydrazine groups is 1. The summed E-state index contributed by atoms with van der Waals surface area (Å²) in [5, 5.41) is 11.5. The normalized spacial score (nSPS) is 14.5. The maximum absolute atomic E-state index is 13.4. The van der Waals surface area contributed by atoms with Gasteiger partial charge in [0.05, 0.1) is 17.9 Å². The van der Waals surface area contributed by atoms with Crippen LogP contribution in [0.25, 0.3) is 0 Å². The number of nitrogens with zero attached hydrogens (tertiary/aromatic N) is 1. The average Bonchev–Trinajstić information content (AvgIpc) is 2.96. The Morgan fingerprint density at radius 3 is 2.38 bits per heavy atom. The molecule has 0 spiro atoms. The highest BCUT2D eigenvalue weighted by Crippen LogP contribution is 2.33. The van der Waals surface area contributed by atoms with Crippen molar-refractivity contribution < 1.29 is 27.9 Å². The van der Waals surface area contributed by atoms with Crippen LogP contribution in [-0.4, -0.2) is 55.7 Å². The molecule has 0 saturated heterocycles. The van der Waals surface area contributed by atoms with Crippen molar-refractivity contribution in [3.8, 4) is 0 Å². The van der Waals surface area contributed by atoms with E-state index in [2.05, 4.69) is 15.6 Å². The van der Waals surface area contributed by atoms with Gasteiger partial charge in [-0.15, -0.1) is 0 Å². The second-order valence-electron chi connectivity index (χ2n) is 10.8. The highest BCUT2D eigenvalue weighted by atomic mass is 32.2. The second kappa shape index (κ2) is 15.5. The Labute approximate surface area is 247 Å². The van der Waals surface area contributed by atoms with Crippen LogP contribution in [0.1, 0.15) is 50.7 Å². The number of anilines is 1. The van der Waals surface area contributed by atoms with Crippen molar-refractivity contribution in [1.29, 1.82) is 0 Å². The molecule has 2 aromatic carbocycles. The molecule has 0 aliphatic carbocycles. The number of primary amides is 1. The van der Waals surface area contributed by atoms with Gasteiger partial charge in [0.25, 0.3) is 5.91 Å². The maximum Gasteiger partial charge on any atom is 0.285 e. The first-order chi connectivity index (χ1) is 20.0. The summed E-state index contributed by atoms with van der Waals surface area (Å²) >= 11 is 0. The molecule has 0 fully saturated rings. The number of hydrogen-bond acceptors (Lipinski definition) is 7. The fraction of sp³-hybridized carbons (Fsp3) is 0.433. The third-order valence-electron chi connectivity index (χ3n) is 6.94. The zero-order chi connectivity index (χ0) is 30.7. The fourth-order valence-electron chi connectivity index (χ4n) is 4.76. The van der Waals surface area contributed by atoms with E-state index < -0.39 is 39.9 Å². The van der Waals surface area contributed by atoms with Crippen LogP contribution in [0.2, 0.25) is 0 Å². The van der Waals surface area contributed by atoms with Crippen LogP contribution < -0.4 is 26.2 Å².